The summed E-state index contributed by atoms with van der Waals surface area (Å²) in [6.07, 6.45) is 4.27. The SMILES string of the molecule is CNC(=O)OC1=CCC2(c3ccc(OC)c(OC)c3)CCN(C)C2C1. The number of likely N-dealkylation sites (tertiary alicyclic amines) is 1. The second kappa shape index (κ2) is 6.96. The minimum absolute atomic E-state index is 0.00382. The van der Waals surface area contributed by atoms with Crippen LogP contribution in [0.1, 0.15) is 24.8 Å². The Morgan fingerprint density at radius 1 is 1.28 bits per heavy atom. The number of nitrogens with zero attached hydrogens (tertiary/aromatic N) is 1. The summed E-state index contributed by atoms with van der Waals surface area (Å²) in [5, 5.41) is 2.51. The molecule has 1 saturated heterocycles. The molecular weight excluding hydrogens is 320 g/mol. The fourth-order valence-corrected chi connectivity index (χ4v) is 4.13. The molecule has 6 heteroatoms. The van der Waals surface area contributed by atoms with Crippen molar-refractivity contribution < 1.29 is 19.0 Å². The van der Waals surface area contributed by atoms with E-state index in [2.05, 4.69) is 35.5 Å². The van der Waals surface area contributed by atoms with Crippen molar-refractivity contribution >= 4 is 6.09 Å². The van der Waals surface area contributed by atoms with E-state index >= 15 is 0 Å². The zero-order valence-corrected chi connectivity index (χ0v) is 15.3. The number of carbonyl (C=O) groups is 1. The van der Waals surface area contributed by atoms with Crippen LogP contribution in [0.4, 0.5) is 4.79 Å². The van der Waals surface area contributed by atoms with Crippen molar-refractivity contribution in [2.45, 2.75) is 30.7 Å². The molecule has 2 atom stereocenters. The highest BCUT2D eigenvalue weighted by Gasteiger charge is 2.49. The van der Waals surface area contributed by atoms with Crippen molar-refractivity contribution in [3.8, 4) is 11.5 Å². The number of ether oxygens (including phenoxy) is 3. The first-order chi connectivity index (χ1) is 12.0. The molecule has 1 aromatic rings. The number of nitrogens with one attached hydrogen (secondary N) is 1. The normalized spacial score (nSPS) is 25.8. The van der Waals surface area contributed by atoms with Crippen LogP contribution in [-0.4, -0.2) is 51.9 Å². The molecule has 3 rings (SSSR count). The van der Waals surface area contributed by atoms with Gasteiger partial charge in [0.25, 0.3) is 0 Å². The Morgan fingerprint density at radius 2 is 2.04 bits per heavy atom. The first kappa shape index (κ1) is 17.6. The molecule has 1 aliphatic heterocycles. The van der Waals surface area contributed by atoms with E-state index in [9.17, 15) is 4.79 Å². The Morgan fingerprint density at radius 3 is 2.72 bits per heavy atom. The standard InChI is InChI=1S/C19H26N2O4/c1-20-18(22)25-14-7-8-19(9-10-21(2)17(19)12-14)13-5-6-15(23-3)16(11-13)24-4/h5-7,11,17H,8-10,12H2,1-4H3,(H,20,22). The smallest absolute Gasteiger partial charge is 0.412 e. The van der Waals surface area contributed by atoms with Crippen LogP contribution < -0.4 is 14.8 Å². The second-order valence-corrected chi connectivity index (χ2v) is 6.69. The third-order valence-corrected chi connectivity index (χ3v) is 5.56. The van der Waals surface area contributed by atoms with Gasteiger partial charge in [0.2, 0.25) is 0 Å². The van der Waals surface area contributed by atoms with Crippen molar-refractivity contribution in [3.63, 3.8) is 0 Å². The Hall–Kier alpha value is -2.21. The van der Waals surface area contributed by atoms with E-state index < -0.39 is 6.09 Å². The summed E-state index contributed by atoms with van der Waals surface area (Å²) in [5.41, 5.74) is 1.25. The molecule has 1 aliphatic carbocycles. The van der Waals surface area contributed by atoms with Crippen molar-refractivity contribution in [1.82, 2.24) is 10.2 Å². The van der Waals surface area contributed by atoms with Crippen molar-refractivity contribution in [3.05, 3.63) is 35.6 Å². The molecule has 0 aromatic heterocycles. The van der Waals surface area contributed by atoms with E-state index in [0.717, 1.165) is 43.1 Å². The number of amides is 1. The van der Waals surface area contributed by atoms with Gasteiger partial charge in [-0.3, -0.25) is 0 Å². The zero-order valence-electron chi connectivity index (χ0n) is 15.3. The minimum atomic E-state index is -0.412. The fraction of sp³-hybridized carbons (Fsp3) is 0.526. The number of fused-ring (bicyclic) bond motifs is 1. The van der Waals surface area contributed by atoms with Gasteiger partial charge in [-0.05, 0) is 50.2 Å². The Balaban J connectivity index is 1.95. The Kier molecular flexibility index (Phi) is 4.90. The number of hydrogen-bond acceptors (Lipinski definition) is 5. The molecule has 25 heavy (non-hydrogen) atoms. The summed E-state index contributed by atoms with van der Waals surface area (Å²) in [5.74, 6) is 2.23. The quantitative estimate of drug-likeness (QED) is 0.908. The van der Waals surface area contributed by atoms with Gasteiger partial charge in [-0.15, -0.1) is 0 Å². The summed E-state index contributed by atoms with van der Waals surface area (Å²) in [4.78, 5) is 13.9. The summed E-state index contributed by atoms with van der Waals surface area (Å²) < 4.78 is 16.3. The predicted octanol–water partition coefficient (Wildman–Crippen LogP) is 2.68. The van der Waals surface area contributed by atoms with Gasteiger partial charge in [-0.25, -0.2) is 4.79 Å². The van der Waals surface area contributed by atoms with E-state index in [0.29, 0.717) is 0 Å². The highest BCUT2D eigenvalue weighted by atomic mass is 16.6. The Bertz CT molecular complexity index is 688. The number of carbonyl (C=O) groups excluding carboxylic acids is 1. The van der Waals surface area contributed by atoms with Gasteiger partial charge in [-0.1, -0.05) is 6.07 Å². The van der Waals surface area contributed by atoms with E-state index in [1.807, 2.05) is 6.07 Å². The highest BCUT2D eigenvalue weighted by molar-refractivity contribution is 5.68. The number of benzene rings is 1. The molecule has 2 unspecified atom stereocenters. The van der Waals surface area contributed by atoms with Crippen molar-refractivity contribution in [2.24, 2.45) is 0 Å². The number of hydrogen-bond donors (Lipinski definition) is 1. The first-order valence-corrected chi connectivity index (χ1v) is 8.55. The second-order valence-electron chi connectivity index (χ2n) is 6.69. The molecular formula is C19H26N2O4. The van der Waals surface area contributed by atoms with Crippen molar-refractivity contribution in [2.75, 3.05) is 34.9 Å². The van der Waals surface area contributed by atoms with E-state index in [4.69, 9.17) is 14.2 Å². The average molecular weight is 346 g/mol. The summed E-state index contributed by atoms with van der Waals surface area (Å²) >= 11 is 0. The van der Waals surface area contributed by atoms with Gasteiger partial charge in [0.1, 0.15) is 5.76 Å². The predicted molar refractivity (Wildman–Crippen MR) is 95.1 cm³/mol. The lowest BCUT2D eigenvalue weighted by molar-refractivity contribution is 0.152. The third kappa shape index (κ3) is 3.06. The van der Waals surface area contributed by atoms with E-state index in [-0.39, 0.29) is 11.5 Å². The molecule has 136 valence electrons. The van der Waals surface area contributed by atoms with Crippen LogP contribution >= 0.6 is 0 Å². The first-order valence-electron chi connectivity index (χ1n) is 8.55. The van der Waals surface area contributed by atoms with Crippen LogP contribution in [-0.2, 0) is 10.2 Å². The minimum Gasteiger partial charge on any atom is -0.493 e. The van der Waals surface area contributed by atoms with Gasteiger partial charge in [0.05, 0.1) is 14.2 Å². The lowest BCUT2D eigenvalue weighted by atomic mass is 9.68. The van der Waals surface area contributed by atoms with E-state index in [1.165, 1.54) is 5.56 Å². The molecule has 6 nitrogen and oxygen atoms in total. The maximum atomic E-state index is 11.5. The summed E-state index contributed by atoms with van der Waals surface area (Å²) in [6.45, 7) is 1.01. The number of allylic oxidation sites excluding steroid dienone is 1. The number of likely N-dealkylation sites (N-methyl/N-ethyl adjacent to an activating group) is 1. The molecule has 1 N–H and O–H groups in total. The third-order valence-electron chi connectivity index (χ3n) is 5.56. The monoisotopic (exact) mass is 346 g/mol. The van der Waals surface area contributed by atoms with Crippen LogP contribution in [0.15, 0.2) is 30.0 Å². The molecule has 2 aliphatic rings. The van der Waals surface area contributed by atoms with Crippen LogP contribution in [0.25, 0.3) is 0 Å². The lowest BCUT2D eigenvalue weighted by Gasteiger charge is -2.40. The van der Waals surface area contributed by atoms with E-state index in [1.54, 1.807) is 21.3 Å². The van der Waals surface area contributed by atoms with Gasteiger partial charge < -0.3 is 24.4 Å². The number of methoxy groups -OCH3 is 2. The topological polar surface area (TPSA) is 60.0 Å². The van der Waals surface area contributed by atoms with Crippen LogP contribution in [0.2, 0.25) is 0 Å². The van der Waals surface area contributed by atoms with Gasteiger partial charge in [-0.2, -0.15) is 0 Å². The average Bonchev–Trinajstić information content (AvgIpc) is 2.98. The zero-order chi connectivity index (χ0) is 18.0. The van der Waals surface area contributed by atoms with Crippen LogP contribution in [0.5, 0.6) is 11.5 Å². The van der Waals surface area contributed by atoms with Gasteiger partial charge >= 0.3 is 6.09 Å². The molecule has 1 aromatic carbocycles. The molecule has 0 radical (unpaired) electrons. The molecule has 0 spiro atoms. The number of alkyl carbamates (subject to hydrolysis) is 1. The lowest BCUT2D eigenvalue weighted by Crippen LogP contribution is -2.43. The van der Waals surface area contributed by atoms with Crippen LogP contribution in [0.3, 0.4) is 0 Å². The largest absolute Gasteiger partial charge is 0.493 e. The van der Waals surface area contributed by atoms with Crippen molar-refractivity contribution in [1.29, 1.82) is 0 Å². The summed E-state index contributed by atoms with van der Waals surface area (Å²) in [6, 6.07) is 6.48. The Labute approximate surface area is 148 Å². The van der Waals surface area contributed by atoms with Crippen LogP contribution in [0, 0.1) is 0 Å². The highest BCUT2D eigenvalue weighted by Crippen LogP contribution is 2.49. The molecule has 1 heterocycles. The molecule has 1 fully saturated rings. The summed E-state index contributed by atoms with van der Waals surface area (Å²) in [7, 11) is 7.01. The molecule has 0 saturated carbocycles. The number of rotatable bonds is 4. The van der Waals surface area contributed by atoms with Gasteiger partial charge in [0, 0.05) is 24.9 Å². The maximum absolute atomic E-state index is 11.5. The van der Waals surface area contributed by atoms with Gasteiger partial charge in [0.15, 0.2) is 11.5 Å². The molecule has 1 amide bonds. The molecule has 0 bridgehead atoms. The maximum Gasteiger partial charge on any atom is 0.412 e. The fourth-order valence-electron chi connectivity index (χ4n) is 4.13.